The first kappa shape index (κ1) is 9.91. The van der Waals surface area contributed by atoms with Gasteiger partial charge >= 0.3 is 0 Å². The lowest BCUT2D eigenvalue weighted by molar-refractivity contribution is 0.295. The maximum atomic E-state index is 9.11. The van der Waals surface area contributed by atoms with Crippen molar-refractivity contribution in [1.29, 1.82) is 5.26 Å². The topological polar surface area (TPSA) is 50.8 Å². The van der Waals surface area contributed by atoms with E-state index in [1.807, 2.05) is 36.1 Å². The molecule has 0 aliphatic carbocycles. The summed E-state index contributed by atoms with van der Waals surface area (Å²) in [5.74, 6) is 0.806. The summed E-state index contributed by atoms with van der Waals surface area (Å²) in [4.78, 5) is 0. The molecule has 0 amide bonds. The minimum Gasteiger partial charge on any atom is -0.487 e. The molecule has 0 saturated carbocycles. The third-order valence-electron chi connectivity index (χ3n) is 3.13. The van der Waals surface area contributed by atoms with Crippen LogP contribution in [0.15, 0.2) is 24.4 Å². The van der Waals surface area contributed by atoms with Gasteiger partial charge in [-0.1, -0.05) is 6.07 Å². The molecule has 1 aliphatic heterocycles. The number of benzene rings is 1. The number of nitrogens with zero attached hydrogens (tertiary/aromatic N) is 3. The highest BCUT2D eigenvalue weighted by atomic mass is 16.5. The number of rotatable bonds is 0. The van der Waals surface area contributed by atoms with Gasteiger partial charge in [-0.2, -0.15) is 10.4 Å². The molecule has 0 fully saturated rings. The van der Waals surface area contributed by atoms with E-state index in [2.05, 4.69) is 11.2 Å². The van der Waals surface area contributed by atoms with Crippen molar-refractivity contribution in [3.63, 3.8) is 0 Å². The first-order valence-electron chi connectivity index (χ1n) is 5.44. The van der Waals surface area contributed by atoms with Gasteiger partial charge in [0.2, 0.25) is 0 Å². The molecule has 0 bridgehead atoms. The summed E-state index contributed by atoms with van der Waals surface area (Å²) in [5, 5.41) is 13.3. The van der Waals surface area contributed by atoms with Gasteiger partial charge in [-0.3, -0.25) is 4.68 Å². The van der Waals surface area contributed by atoms with Crippen LogP contribution >= 0.6 is 0 Å². The molecule has 0 radical (unpaired) electrons. The van der Waals surface area contributed by atoms with Gasteiger partial charge in [0.1, 0.15) is 12.4 Å². The van der Waals surface area contributed by atoms with E-state index < -0.39 is 0 Å². The molecule has 1 aliphatic rings. The van der Waals surface area contributed by atoms with Gasteiger partial charge in [0.05, 0.1) is 23.5 Å². The smallest absolute Gasteiger partial charge is 0.130 e. The minimum absolute atomic E-state index is 0.508. The molecule has 1 aromatic heterocycles. The maximum absolute atomic E-state index is 9.11. The SMILES string of the molecule is Cn1ncc2c1COc1cccc(C#N)c1C2. The second-order valence-electron chi connectivity index (χ2n) is 4.10. The van der Waals surface area contributed by atoms with Gasteiger partial charge in [0.15, 0.2) is 0 Å². The van der Waals surface area contributed by atoms with Crippen molar-refractivity contribution >= 4 is 0 Å². The molecule has 0 spiro atoms. The average molecular weight is 225 g/mol. The van der Waals surface area contributed by atoms with Crippen LogP contribution in [0, 0.1) is 11.3 Å². The molecule has 0 unspecified atom stereocenters. The van der Waals surface area contributed by atoms with Gasteiger partial charge in [-0.25, -0.2) is 0 Å². The third kappa shape index (κ3) is 1.48. The molecule has 2 heterocycles. The molecule has 4 nitrogen and oxygen atoms in total. The van der Waals surface area contributed by atoms with E-state index >= 15 is 0 Å². The number of ether oxygens (including phenoxy) is 1. The van der Waals surface area contributed by atoms with Crippen LogP contribution < -0.4 is 4.74 Å². The van der Waals surface area contributed by atoms with Gasteiger partial charge in [0.25, 0.3) is 0 Å². The van der Waals surface area contributed by atoms with E-state index in [0.717, 1.165) is 22.6 Å². The maximum Gasteiger partial charge on any atom is 0.130 e. The minimum atomic E-state index is 0.508. The summed E-state index contributed by atoms with van der Waals surface area (Å²) in [7, 11) is 1.91. The highest BCUT2D eigenvalue weighted by molar-refractivity contribution is 5.50. The van der Waals surface area contributed by atoms with Crippen LogP contribution in [-0.2, 0) is 20.1 Å². The van der Waals surface area contributed by atoms with Crippen molar-refractivity contribution in [3.8, 4) is 11.8 Å². The van der Waals surface area contributed by atoms with Crippen LogP contribution in [0.25, 0.3) is 0 Å². The molecule has 0 saturated heterocycles. The molecule has 4 heteroatoms. The van der Waals surface area contributed by atoms with Gasteiger partial charge in [-0.15, -0.1) is 0 Å². The summed E-state index contributed by atoms with van der Waals surface area (Å²) in [5.41, 5.74) is 3.85. The Kier molecular flexibility index (Phi) is 2.12. The fraction of sp³-hybridized carbons (Fsp3) is 0.231. The Morgan fingerprint density at radius 1 is 1.47 bits per heavy atom. The zero-order valence-electron chi connectivity index (χ0n) is 9.47. The summed E-state index contributed by atoms with van der Waals surface area (Å²) in [6.07, 6.45) is 2.56. The highest BCUT2D eigenvalue weighted by Gasteiger charge is 2.19. The largest absolute Gasteiger partial charge is 0.487 e. The lowest BCUT2D eigenvalue weighted by Crippen LogP contribution is -2.03. The number of hydrogen-bond donors (Lipinski definition) is 0. The second-order valence-corrected chi connectivity index (χ2v) is 4.10. The summed E-state index contributed by atoms with van der Waals surface area (Å²) in [6.45, 7) is 0.508. The van der Waals surface area contributed by atoms with Crippen molar-refractivity contribution in [1.82, 2.24) is 9.78 Å². The van der Waals surface area contributed by atoms with Gasteiger partial charge in [-0.05, 0) is 12.1 Å². The zero-order chi connectivity index (χ0) is 11.8. The fourth-order valence-corrected chi connectivity index (χ4v) is 2.17. The lowest BCUT2D eigenvalue weighted by atomic mass is 10.0. The molecular weight excluding hydrogens is 214 g/mol. The van der Waals surface area contributed by atoms with Gasteiger partial charge < -0.3 is 4.74 Å². The van der Waals surface area contributed by atoms with Crippen LogP contribution in [0.3, 0.4) is 0 Å². The molecule has 84 valence electrons. The lowest BCUT2D eigenvalue weighted by Gasteiger charge is -2.07. The summed E-state index contributed by atoms with van der Waals surface area (Å²) in [6, 6.07) is 7.80. The number of aromatic nitrogens is 2. The van der Waals surface area contributed by atoms with E-state index in [9.17, 15) is 0 Å². The van der Waals surface area contributed by atoms with Gasteiger partial charge in [0, 0.05) is 24.6 Å². The number of aryl methyl sites for hydroxylation is 1. The molecule has 0 N–H and O–H groups in total. The first-order chi connectivity index (χ1) is 8.29. The van der Waals surface area contributed by atoms with E-state index in [1.54, 1.807) is 0 Å². The van der Waals surface area contributed by atoms with Crippen molar-refractivity contribution < 1.29 is 4.74 Å². The van der Waals surface area contributed by atoms with Crippen molar-refractivity contribution in [3.05, 3.63) is 46.8 Å². The second kappa shape index (κ2) is 3.63. The predicted octanol–water partition coefficient (Wildman–Crippen LogP) is 1.77. The van der Waals surface area contributed by atoms with Crippen molar-refractivity contribution in [2.45, 2.75) is 13.0 Å². The van der Waals surface area contributed by atoms with Crippen LogP contribution in [-0.4, -0.2) is 9.78 Å². The van der Waals surface area contributed by atoms with Crippen molar-refractivity contribution in [2.75, 3.05) is 0 Å². The predicted molar refractivity (Wildman–Crippen MR) is 61.5 cm³/mol. The third-order valence-corrected chi connectivity index (χ3v) is 3.13. The Balaban J connectivity index is 2.16. The Morgan fingerprint density at radius 2 is 2.35 bits per heavy atom. The molecule has 1 aromatic carbocycles. The molecular formula is C13H11N3O. The van der Waals surface area contributed by atoms with Crippen LogP contribution in [0.4, 0.5) is 0 Å². The summed E-state index contributed by atoms with van der Waals surface area (Å²) < 4.78 is 7.57. The Morgan fingerprint density at radius 3 is 3.18 bits per heavy atom. The zero-order valence-corrected chi connectivity index (χ0v) is 9.47. The normalized spacial score (nSPS) is 12.9. The monoisotopic (exact) mass is 225 g/mol. The van der Waals surface area contributed by atoms with Crippen molar-refractivity contribution in [2.24, 2.45) is 7.05 Å². The first-order valence-corrected chi connectivity index (χ1v) is 5.44. The average Bonchev–Trinajstić information content (AvgIpc) is 2.60. The van der Waals surface area contributed by atoms with E-state index in [-0.39, 0.29) is 0 Å². The number of fused-ring (bicyclic) bond motifs is 2. The van der Waals surface area contributed by atoms with E-state index in [1.165, 1.54) is 0 Å². The fourth-order valence-electron chi connectivity index (χ4n) is 2.17. The number of nitriles is 1. The quantitative estimate of drug-likeness (QED) is 0.686. The van der Waals surface area contributed by atoms with E-state index in [4.69, 9.17) is 10.00 Å². The number of hydrogen-bond acceptors (Lipinski definition) is 3. The highest BCUT2D eigenvalue weighted by Crippen LogP contribution is 2.30. The summed E-state index contributed by atoms with van der Waals surface area (Å²) >= 11 is 0. The van der Waals surface area contributed by atoms with Crippen LogP contribution in [0.5, 0.6) is 5.75 Å². The van der Waals surface area contributed by atoms with E-state index in [0.29, 0.717) is 18.6 Å². The Labute approximate surface area is 99.1 Å². The van der Waals surface area contributed by atoms with Crippen LogP contribution in [0.1, 0.15) is 22.4 Å². The molecule has 17 heavy (non-hydrogen) atoms. The molecule has 3 rings (SSSR count). The standard InChI is InChI=1S/C13H11N3O/c1-16-12-8-17-13-4-2-3-9(6-14)11(13)5-10(12)7-15-16/h2-4,7H,5,8H2,1H3. The van der Waals surface area contributed by atoms with Crippen LogP contribution in [0.2, 0.25) is 0 Å². The molecule has 2 aromatic rings. The Bertz CT molecular complexity index is 622. The molecule has 0 atom stereocenters. The Hall–Kier alpha value is -2.28.